The Morgan fingerprint density at radius 3 is 1.94 bits per heavy atom. The molecule has 3 fully saturated rings. The van der Waals surface area contributed by atoms with Crippen LogP contribution >= 0.6 is 0 Å². The first-order valence-corrected chi connectivity index (χ1v) is 7.08. The molecule has 3 rings (SSSR count). The van der Waals surface area contributed by atoms with Crippen LogP contribution in [0.4, 0.5) is 0 Å². The minimum atomic E-state index is -0.626. The fourth-order valence-electron chi connectivity index (χ4n) is 3.53. The van der Waals surface area contributed by atoms with E-state index in [0.29, 0.717) is 30.8 Å². The number of β-amino-alcohol motifs (C(OH)–C–C–N with tert-alkyl or cyclic N) is 1. The summed E-state index contributed by atoms with van der Waals surface area (Å²) < 4.78 is 0. The van der Waals surface area contributed by atoms with Crippen molar-refractivity contribution in [2.45, 2.75) is 51.0 Å². The zero-order valence-corrected chi connectivity index (χ0v) is 10.7. The second-order valence-electron chi connectivity index (χ2n) is 6.60. The standard InChI is InChI=1S/C14H23NO2/c1-14(17)8-15(9-14)13(16)12(10-4-2-5-10)11-6-3-7-11/h10-12,17H,2-9H2,1H3. The van der Waals surface area contributed by atoms with E-state index in [-0.39, 0.29) is 5.92 Å². The summed E-state index contributed by atoms with van der Waals surface area (Å²) in [4.78, 5) is 14.4. The van der Waals surface area contributed by atoms with Gasteiger partial charge in [0, 0.05) is 5.92 Å². The van der Waals surface area contributed by atoms with Gasteiger partial charge in [-0.25, -0.2) is 0 Å². The Labute approximate surface area is 103 Å². The number of carbonyl (C=O) groups excluding carboxylic acids is 1. The normalized spacial score (nSPS) is 28.5. The minimum absolute atomic E-state index is 0.286. The van der Waals surface area contributed by atoms with Crippen LogP contribution in [0.15, 0.2) is 0 Å². The third-order valence-corrected chi connectivity index (χ3v) is 4.98. The first kappa shape index (κ1) is 11.5. The lowest BCUT2D eigenvalue weighted by atomic mass is 9.64. The van der Waals surface area contributed by atoms with Gasteiger partial charge in [0.15, 0.2) is 0 Å². The summed E-state index contributed by atoms with van der Waals surface area (Å²) in [6.07, 6.45) is 7.60. The lowest BCUT2D eigenvalue weighted by Crippen LogP contribution is -2.64. The molecule has 0 spiro atoms. The summed E-state index contributed by atoms with van der Waals surface area (Å²) in [5, 5.41) is 9.74. The quantitative estimate of drug-likeness (QED) is 0.813. The maximum absolute atomic E-state index is 12.5. The van der Waals surface area contributed by atoms with Gasteiger partial charge in [-0.1, -0.05) is 12.8 Å². The van der Waals surface area contributed by atoms with Crippen molar-refractivity contribution in [3.8, 4) is 0 Å². The molecule has 17 heavy (non-hydrogen) atoms. The highest BCUT2D eigenvalue weighted by molar-refractivity contribution is 5.80. The molecule has 0 aromatic carbocycles. The molecule has 1 saturated heterocycles. The summed E-state index contributed by atoms with van der Waals surface area (Å²) in [7, 11) is 0. The van der Waals surface area contributed by atoms with Gasteiger partial charge in [-0.05, 0) is 44.4 Å². The Morgan fingerprint density at radius 2 is 1.65 bits per heavy atom. The van der Waals surface area contributed by atoms with Crippen LogP contribution in [0.5, 0.6) is 0 Å². The molecule has 2 aliphatic carbocycles. The van der Waals surface area contributed by atoms with E-state index in [9.17, 15) is 9.90 Å². The van der Waals surface area contributed by atoms with Gasteiger partial charge in [0.2, 0.25) is 5.91 Å². The van der Waals surface area contributed by atoms with Crippen LogP contribution in [-0.4, -0.2) is 34.6 Å². The van der Waals surface area contributed by atoms with Gasteiger partial charge in [-0.15, -0.1) is 0 Å². The molecule has 0 unspecified atom stereocenters. The molecule has 0 aromatic heterocycles. The van der Waals surface area contributed by atoms with Crippen molar-refractivity contribution in [1.29, 1.82) is 0 Å². The van der Waals surface area contributed by atoms with Crippen molar-refractivity contribution < 1.29 is 9.90 Å². The van der Waals surface area contributed by atoms with E-state index in [1.807, 2.05) is 11.8 Å². The van der Waals surface area contributed by atoms with E-state index in [0.717, 1.165) is 0 Å². The predicted molar refractivity (Wildman–Crippen MR) is 65.4 cm³/mol. The van der Waals surface area contributed by atoms with Crippen molar-refractivity contribution in [2.24, 2.45) is 17.8 Å². The number of rotatable bonds is 3. The molecule has 0 atom stereocenters. The van der Waals surface area contributed by atoms with Crippen molar-refractivity contribution in [2.75, 3.05) is 13.1 Å². The lowest BCUT2D eigenvalue weighted by Gasteiger charge is -2.49. The number of likely N-dealkylation sites (tertiary alicyclic amines) is 1. The van der Waals surface area contributed by atoms with Crippen molar-refractivity contribution >= 4 is 5.91 Å². The molecule has 96 valence electrons. The predicted octanol–water partition coefficient (Wildman–Crippen LogP) is 1.80. The first-order chi connectivity index (χ1) is 8.07. The highest BCUT2D eigenvalue weighted by Crippen LogP contribution is 2.45. The molecule has 3 nitrogen and oxygen atoms in total. The molecule has 1 heterocycles. The number of hydrogen-bond acceptors (Lipinski definition) is 2. The topological polar surface area (TPSA) is 40.5 Å². The zero-order valence-electron chi connectivity index (χ0n) is 10.7. The van der Waals surface area contributed by atoms with Crippen LogP contribution in [0, 0.1) is 17.8 Å². The third kappa shape index (κ3) is 1.99. The van der Waals surface area contributed by atoms with Crippen molar-refractivity contribution in [1.82, 2.24) is 4.90 Å². The Morgan fingerprint density at radius 1 is 1.18 bits per heavy atom. The van der Waals surface area contributed by atoms with E-state index < -0.39 is 5.60 Å². The SMILES string of the molecule is CC1(O)CN(C(=O)C(C2CCC2)C2CCC2)C1. The highest BCUT2D eigenvalue weighted by Gasteiger charge is 2.47. The number of amides is 1. The molecule has 0 bridgehead atoms. The molecule has 1 aliphatic heterocycles. The van der Waals surface area contributed by atoms with Gasteiger partial charge in [0.05, 0.1) is 18.7 Å². The van der Waals surface area contributed by atoms with Crippen LogP contribution in [0.3, 0.4) is 0 Å². The van der Waals surface area contributed by atoms with E-state index in [1.165, 1.54) is 38.5 Å². The molecule has 3 aliphatic rings. The van der Waals surface area contributed by atoms with Gasteiger partial charge < -0.3 is 10.0 Å². The van der Waals surface area contributed by atoms with Crippen molar-refractivity contribution in [3.05, 3.63) is 0 Å². The third-order valence-electron chi connectivity index (χ3n) is 4.98. The average molecular weight is 237 g/mol. The zero-order chi connectivity index (χ0) is 12.0. The van der Waals surface area contributed by atoms with Gasteiger partial charge >= 0.3 is 0 Å². The monoisotopic (exact) mass is 237 g/mol. The molecule has 1 amide bonds. The Kier molecular flexibility index (Phi) is 2.69. The molecule has 2 saturated carbocycles. The van der Waals surface area contributed by atoms with Crippen LogP contribution in [0.1, 0.15) is 45.4 Å². The lowest BCUT2D eigenvalue weighted by molar-refractivity contribution is -0.163. The molecule has 0 radical (unpaired) electrons. The van der Waals surface area contributed by atoms with Crippen LogP contribution < -0.4 is 0 Å². The summed E-state index contributed by atoms with van der Waals surface area (Å²) in [5.41, 5.74) is -0.626. The average Bonchev–Trinajstić information content (AvgIpc) is 2.06. The maximum Gasteiger partial charge on any atom is 0.226 e. The second-order valence-corrected chi connectivity index (χ2v) is 6.60. The Bertz CT molecular complexity index is 296. The number of aliphatic hydroxyl groups is 1. The van der Waals surface area contributed by atoms with E-state index >= 15 is 0 Å². The fourth-order valence-corrected chi connectivity index (χ4v) is 3.53. The summed E-state index contributed by atoms with van der Waals surface area (Å²) >= 11 is 0. The van der Waals surface area contributed by atoms with Gasteiger partial charge in [0.25, 0.3) is 0 Å². The van der Waals surface area contributed by atoms with Crippen molar-refractivity contribution in [3.63, 3.8) is 0 Å². The van der Waals surface area contributed by atoms with Gasteiger partial charge in [-0.3, -0.25) is 4.79 Å². The van der Waals surface area contributed by atoms with Gasteiger partial charge in [-0.2, -0.15) is 0 Å². The highest BCUT2D eigenvalue weighted by atomic mass is 16.3. The summed E-state index contributed by atoms with van der Waals surface area (Å²) in [6.45, 7) is 2.90. The fraction of sp³-hybridized carbons (Fsp3) is 0.929. The number of hydrogen-bond donors (Lipinski definition) is 1. The summed E-state index contributed by atoms with van der Waals surface area (Å²) in [6, 6.07) is 0. The number of nitrogens with zero attached hydrogens (tertiary/aromatic N) is 1. The molecule has 3 heteroatoms. The molecule has 0 aromatic rings. The smallest absolute Gasteiger partial charge is 0.226 e. The van der Waals surface area contributed by atoms with E-state index in [1.54, 1.807) is 0 Å². The minimum Gasteiger partial charge on any atom is -0.386 e. The van der Waals surface area contributed by atoms with E-state index in [4.69, 9.17) is 0 Å². The van der Waals surface area contributed by atoms with Crippen LogP contribution in [-0.2, 0) is 4.79 Å². The van der Waals surface area contributed by atoms with Crippen LogP contribution in [0.25, 0.3) is 0 Å². The van der Waals surface area contributed by atoms with Gasteiger partial charge in [0.1, 0.15) is 0 Å². The summed E-state index contributed by atoms with van der Waals surface area (Å²) in [5.74, 6) is 1.93. The Hall–Kier alpha value is -0.570. The molecular weight excluding hydrogens is 214 g/mol. The van der Waals surface area contributed by atoms with E-state index in [2.05, 4.69) is 0 Å². The molecule has 1 N–H and O–H groups in total. The Balaban J connectivity index is 1.64. The second kappa shape index (κ2) is 3.98. The molecular formula is C14H23NO2. The van der Waals surface area contributed by atoms with Crippen LogP contribution in [0.2, 0.25) is 0 Å². The first-order valence-electron chi connectivity index (χ1n) is 7.08. The maximum atomic E-state index is 12.5. The number of carbonyl (C=O) groups is 1. The largest absolute Gasteiger partial charge is 0.386 e.